The average Bonchev–Trinajstić information content (AvgIpc) is 3.46. The summed E-state index contributed by atoms with van der Waals surface area (Å²) in [5, 5.41) is 16.0. The zero-order chi connectivity index (χ0) is 30.0. The molecule has 0 spiro atoms. The maximum atomic E-state index is 14.4. The number of likely N-dealkylation sites (tertiary alicyclic amines) is 1. The van der Waals surface area contributed by atoms with Crippen LogP contribution < -0.4 is 16.4 Å². The number of anilines is 3. The quantitative estimate of drug-likeness (QED) is 0.207. The van der Waals surface area contributed by atoms with Gasteiger partial charge in [-0.25, -0.2) is 18.2 Å². The summed E-state index contributed by atoms with van der Waals surface area (Å²) in [6.45, 7) is 3.62. The Morgan fingerprint density at radius 1 is 1.02 bits per heavy atom. The first-order valence-electron chi connectivity index (χ1n) is 13.7. The van der Waals surface area contributed by atoms with Crippen molar-refractivity contribution < 1.29 is 23.1 Å². The van der Waals surface area contributed by atoms with Crippen LogP contribution in [0, 0.1) is 0 Å². The molecule has 10 nitrogen and oxygen atoms in total. The highest BCUT2D eigenvalue weighted by molar-refractivity contribution is 7.92. The molecule has 2 amide bonds. The van der Waals surface area contributed by atoms with E-state index in [1.165, 1.54) is 18.2 Å². The minimum atomic E-state index is -3.73. The van der Waals surface area contributed by atoms with Gasteiger partial charge in [-0.1, -0.05) is 30.3 Å². The molecule has 0 saturated carbocycles. The fourth-order valence-corrected chi connectivity index (χ4v) is 6.72. The van der Waals surface area contributed by atoms with Crippen molar-refractivity contribution in [2.45, 2.75) is 48.9 Å². The molecule has 2 atom stereocenters. The number of hydrogen-bond donors (Lipinski definition) is 4. The molecular formula is C31H33N5O5S. The van der Waals surface area contributed by atoms with Gasteiger partial charge in [0.05, 0.1) is 16.2 Å². The van der Waals surface area contributed by atoms with E-state index in [-0.39, 0.29) is 16.5 Å². The SMILES string of the molecule is CC(C)S(=O)(=O)c1ccc(NC(=O)O)cc1[C@H]1CCCN1C(=O)[C@@H](Nc1ccc2c(N)nccc2c1)c1ccccc1. The molecule has 1 aliphatic rings. The topological polar surface area (TPSA) is 155 Å². The van der Waals surface area contributed by atoms with Crippen molar-refractivity contribution in [3.8, 4) is 0 Å². The number of rotatable bonds is 8. The number of carboxylic acid groups (broad SMARTS) is 1. The van der Waals surface area contributed by atoms with Crippen molar-refractivity contribution in [1.82, 2.24) is 9.88 Å². The zero-order valence-corrected chi connectivity index (χ0v) is 24.1. The second-order valence-electron chi connectivity index (χ2n) is 10.6. The molecule has 4 aromatic rings. The largest absolute Gasteiger partial charge is 0.465 e. The molecule has 42 heavy (non-hydrogen) atoms. The monoisotopic (exact) mass is 587 g/mol. The van der Waals surface area contributed by atoms with E-state index in [1.54, 1.807) is 24.9 Å². The highest BCUT2D eigenvalue weighted by Gasteiger charge is 2.38. The molecule has 11 heteroatoms. The Hall–Kier alpha value is -4.64. The molecule has 0 unspecified atom stereocenters. The highest BCUT2D eigenvalue weighted by Crippen LogP contribution is 2.40. The third-order valence-electron chi connectivity index (χ3n) is 7.57. The van der Waals surface area contributed by atoms with E-state index in [0.717, 1.165) is 16.3 Å². The first-order chi connectivity index (χ1) is 20.1. The molecule has 1 aromatic heterocycles. The van der Waals surface area contributed by atoms with Gasteiger partial charge in [-0.2, -0.15) is 0 Å². The van der Waals surface area contributed by atoms with E-state index >= 15 is 0 Å². The van der Waals surface area contributed by atoms with Crippen molar-refractivity contribution in [2.75, 3.05) is 22.9 Å². The Bertz CT molecular complexity index is 1740. The molecule has 3 aromatic carbocycles. The number of benzene rings is 3. The summed E-state index contributed by atoms with van der Waals surface area (Å²) in [5.41, 5.74) is 8.13. The van der Waals surface area contributed by atoms with Crippen LogP contribution in [0.25, 0.3) is 10.8 Å². The van der Waals surface area contributed by atoms with Crippen LogP contribution in [0.1, 0.15) is 49.9 Å². The minimum Gasteiger partial charge on any atom is -0.465 e. The van der Waals surface area contributed by atoms with Crippen LogP contribution in [0.3, 0.4) is 0 Å². The maximum absolute atomic E-state index is 14.4. The predicted octanol–water partition coefficient (Wildman–Crippen LogP) is 5.61. The van der Waals surface area contributed by atoms with E-state index in [2.05, 4.69) is 15.6 Å². The maximum Gasteiger partial charge on any atom is 0.409 e. The molecule has 0 aliphatic carbocycles. The highest BCUT2D eigenvalue weighted by atomic mass is 32.2. The van der Waals surface area contributed by atoms with Crippen LogP contribution in [0.15, 0.2) is 83.9 Å². The van der Waals surface area contributed by atoms with E-state index in [0.29, 0.717) is 36.5 Å². The summed E-state index contributed by atoms with van der Waals surface area (Å²) in [5.74, 6) is 0.198. The molecule has 5 rings (SSSR count). The summed E-state index contributed by atoms with van der Waals surface area (Å²) < 4.78 is 26.8. The van der Waals surface area contributed by atoms with Gasteiger partial charge in [0, 0.05) is 29.5 Å². The van der Waals surface area contributed by atoms with E-state index in [1.807, 2.05) is 54.6 Å². The molecule has 1 aliphatic heterocycles. The standard InChI is InChI=1S/C31H33N5O5S/c1-19(2)42(40,41)27-13-11-23(35-31(38)39)18-25(27)26-9-6-16-36(26)30(37)28(20-7-4-3-5-8-20)34-22-10-12-24-21(17-22)14-15-33-29(24)32/h3-5,7-8,10-15,17-19,26,28,34-35H,6,9,16H2,1-2H3,(H2,32,33)(H,38,39)/t26-,28+/m1/s1. The van der Waals surface area contributed by atoms with Gasteiger partial charge in [0.25, 0.3) is 0 Å². The van der Waals surface area contributed by atoms with Gasteiger partial charge < -0.3 is 21.1 Å². The lowest BCUT2D eigenvalue weighted by Gasteiger charge is -2.31. The summed E-state index contributed by atoms with van der Waals surface area (Å²) in [6, 6.07) is 19.9. The lowest BCUT2D eigenvalue weighted by molar-refractivity contribution is -0.133. The number of fused-ring (bicyclic) bond motifs is 1. The Kier molecular flexibility index (Phi) is 8.04. The Balaban J connectivity index is 1.55. The van der Waals surface area contributed by atoms with Crippen molar-refractivity contribution >= 4 is 49.8 Å². The van der Waals surface area contributed by atoms with Crippen molar-refractivity contribution in [3.63, 3.8) is 0 Å². The van der Waals surface area contributed by atoms with Crippen LogP contribution in [0.5, 0.6) is 0 Å². The molecule has 0 radical (unpaired) electrons. The molecule has 5 N–H and O–H groups in total. The Morgan fingerprint density at radius 3 is 2.48 bits per heavy atom. The van der Waals surface area contributed by atoms with Gasteiger partial charge in [-0.15, -0.1) is 0 Å². The van der Waals surface area contributed by atoms with Gasteiger partial charge in [0.15, 0.2) is 9.84 Å². The molecule has 1 fully saturated rings. The van der Waals surface area contributed by atoms with Crippen LogP contribution in [-0.2, 0) is 14.6 Å². The second kappa shape index (κ2) is 11.7. The fraction of sp³-hybridized carbons (Fsp3) is 0.258. The number of sulfone groups is 1. The Morgan fingerprint density at radius 2 is 1.76 bits per heavy atom. The third kappa shape index (κ3) is 5.73. The van der Waals surface area contributed by atoms with E-state index in [4.69, 9.17) is 5.73 Å². The summed E-state index contributed by atoms with van der Waals surface area (Å²) in [7, 11) is -3.73. The number of amides is 2. The van der Waals surface area contributed by atoms with Crippen LogP contribution >= 0.6 is 0 Å². The van der Waals surface area contributed by atoms with E-state index < -0.39 is 33.3 Å². The number of carbonyl (C=O) groups is 2. The van der Waals surface area contributed by atoms with Crippen LogP contribution in [-0.4, -0.2) is 47.2 Å². The number of nitrogen functional groups attached to an aromatic ring is 1. The summed E-state index contributed by atoms with van der Waals surface area (Å²) >= 11 is 0. The van der Waals surface area contributed by atoms with E-state index in [9.17, 15) is 23.1 Å². The third-order valence-corrected chi connectivity index (χ3v) is 9.80. The zero-order valence-electron chi connectivity index (χ0n) is 23.3. The molecule has 2 heterocycles. The molecule has 218 valence electrons. The molecular weight excluding hydrogens is 554 g/mol. The minimum absolute atomic E-state index is 0.100. The number of pyridine rings is 1. The number of hydrogen-bond acceptors (Lipinski definition) is 7. The lowest BCUT2D eigenvalue weighted by atomic mass is 10.0. The number of aromatic nitrogens is 1. The first-order valence-corrected chi connectivity index (χ1v) is 15.2. The molecule has 0 bridgehead atoms. The number of nitrogens with one attached hydrogen (secondary N) is 2. The predicted molar refractivity (Wildman–Crippen MR) is 163 cm³/mol. The van der Waals surface area contributed by atoms with Gasteiger partial charge in [0.2, 0.25) is 5.91 Å². The van der Waals surface area contributed by atoms with Gasteiger partial charge in [0.1, 0.15) is 11.9 Å². The van der Waals surface area contributed by atoms with Crippen LogP contribution in [0.4, 0.5) is 22.0 Å². The van der Waals surface area contributed by atoms with Gasteiger partial charge >= 0.3 is 6.09 Å². The number of carbonyl (C=O) groups excluding carboxylic acids is 1. The fourth-order valence-electron chi connectivity index (χ4n) is 5.43. The van der Waals surface area contributed by atoms with Gasteiger partial charge in [-0.3, -0.25) is 10.1 Å². The first kappa shape index (κ1) is 28.9. The summed E-state index contributed by atoms with van der Waals surface area (Å²) in [6.07, 6.45) is 1.57. The van der Waals surface area contributed by atoms with Crippen molar-refractivity contribution in [1.29, 1.82) is 0 Å². The van der Waals surface area contributed by atoms with Crippen molar-refractivity contribution in [2.24, 2.45) is 0 Å². The summed E-state index contributed by atoms with van der Waals surface area (Å²) in [4.78, 5) is 31.7. The van der Waals surface area contributed by atoms with Gasteiger partial charge in [-0.05, 0) is 85.7 Å². The Labute approximate surface area is 244 Å². The molecule has 1 saturated heterocycles. The smallest absolute Gasteiger partial charge is 0.409 e. The lowest BCUT2D eigenvalue weighted by Crippen LogP contribution is -2.38. The number of nitrogens with two attached hydrogens (primary N) is 1. The number of nitrogens with zero attached hydrogens (tertiary/aromatic N) is 2. The van der Waals surface area contributed by atoms with Crippen LogP contribution in [0.2, 0.25) is 0 Å². The second-order valence-corrected chi connectivity index (χ2v) is 13.1. The average molecular weight is 588 g/mol. The normalized spacial score (nSPS) is 16.0. The van der Waals surface area contributed by atoms with Crippen molar-refractivity contribution in [3.05, 3.63) is 90.1 Å².